The fraction of sp³-hybridized carbons (Fsp3) is 0.632. The average molecular weight is 334 g/mol. The van der Waals surface area contributed by atoms with Crippen LogP contribution in [0.25, 0.3) is 0 Å². The molecule has 5 nitrogen and oxygen atoms in total. The Morgan fingerprint density at radius 3 is 2.75 bits per heavy atom. The van der Waals surface area contributed by atoms with Crippen molar-refractivity contribution < 1.29 is 14.6 Å². The smallest absolute Gasteiger partial charge is 0.317 e. The van der Waals surface area contributed by atoms with E-state index in [1.807, 2.05) is 38.1 Å². The van der Waals surface area contributed by atoms with Crippen molar-refractivity contribution in [1.82, 2.24) is 10.2 Å². The number of hydrogen-bond donors (Lipinski definition) is 2. The number of ether oxygens (including phenoxy) is 1. The third kappa shape index (κ3) is 5.41. The Bertz CT molecular complexity index is 533. The van der Waals surface area contributed by atoms with Gasteiger partial charge < -0.3 is 20.1 Å². The van der Waals surface area contributed by atoms with Gasteiger partial charge in [-0.25, -0.2) is 4.79 Å². The molecule has 0 spiro atoms. The summed E-state index contributed by atoms with van der Waals surface area (Å²) in [7, 11) is 1.78. The Hall–Kier alpha value is -1.75. The molecule has 1 aromatic rings. The van der Waals surface area contributed by atoms with Crippen LogP contribution < -0.4 is 10.1 Å². The van der Waals surface area contributed by atoms with E-state index in [0.717, 1.165) is 37.0 Å². The Morgan fingerprint density at radius 1 is 1.33 bits per heavy atom. The molecule has 1 saturated carbocycles. The Balaban J connectivity index is 1.86. The van der Waals surface area contributed by atoms with Crippen LogP contribution >= 0.6 is 0 Å². The minimum atomic E-state index is -0.283. The van der Waals surface area contributed by atoms with Crippen LogP contribution in [0.15, 0.2) is 24.3 Å². The number of carbonyl (C=O) groups is 1. The van der Waals surface area contributed by atoms with Gasteiger partial charge >= 0.3 is 6.03 Å². The van der Waals surface area contributed by atoms with Crippen molar-refractivity contribution in [2.24, 2.45) is 5.92 Å². The number of aliphatic hydroxyl groups is 1. The second kappa shape index (κ2) is 8.92. The summed E-state index contributed by atoms with van der Waals surface area (Å²) >= 11 is 0. The molecule has 24 heavy (non-hydrogen) atoms. The molecule has 2 amide bonds. The molecule has 2 N–H and O–H groups in total. The van der Waals surface area contributed by atoms with Crippen molar-refractivity contribution in [3.63, 3.8) is 0 Å². The fourth-order valence-electron chi connectivity index (χ4n) is 3.16. The zero-order valence-electron chi connectivity index (χ0n) is 15.0. The standard InChI is InChI=1S/C19H30N2O3/c1-14(2)24-18-11-7-5-8-15(18)12-20-19(23)21(3)13-16-9-4-6-10-17(16)22/h5,7-8,11,14,16-17,22H,4,6,9-10,12-13H2,1-3H3,(H,20,23). The first kappa shape index (κ1) is 18.6. The van der Waals surface area contributed by atoms with Gasteiger partial charge in [-0.15, -0.1) is 0 Å². The van der Waals surface area contributed by atoms with Gasteiger partial charge in [0.05, 0.1) is 12.2 Å². The van der Waals surface area contributed by atoms with E-state index < -0.39 is 0 Å². The molecule has 2 unspecified atom stereocenters. The number of amides is 2. The van der Waals surface area contributed by atoms with Crippen LogP contribution in [-0.2, 0) is 6.54 Å². The van der Waals surface area contributed by atoms with E-state index in [2.05, 4.69) is 5.32 Å². The lowest BCUT2D eigenvalue weighted by molar-refractivity contribution is 0.0565. The summed E-state index contributed by atoms with van der Waals surface area (Å²) in [6.07, 6.45) is 3.87. The predicted octanol–water partition coefficient (Wildman–Crippen LogP) is 3.17. The summed E-state index contributed by atoms with van der Waals surface area (Å²) in [6.45, 7) is 4.99. The Kier molecular flexibility index (Phi) is 6.91. The van der Waals surface area contributed by atoms with E-state index in [4.69, 9.17) is 4.74 Å². The van der Waals surface area contributed by atoms with Gasteiger partial charge in [0.25, 0.3) is 0 Å². The van der Waals surface area contributed by atoms with Crippen LogP contribution in [0.2, 0.25) is 0 Å². The van der Waals surface area contributed by atoms with Crippen molar-refractivity contribution in [2.75, 3.05) is 13.6 Å². The zero-order chi connectivity index (χ0) is 17.5. The van der Waals surface area contributed by atoms with E-state index >= 15 is 0 Å². The molecule has 0 heterocycles. The summed E-state index contributed by atoms with van der Waals surface area (Å²) < 4.78 is 5.78. The maximum atomic E-state index is 12.3. The molecular formula is C19H30N2O3. The zero-order valence-corrected chi connectivity index (χ0v) is 15.0. The SMILES string of the molecule is CC(C)Oc1ccccc1CNC(=O)N(C)CC1CCCCC1O. The quantitative estimate of drug-likeness (QED) is 0.840. The molecule has 0 bridgehead atoms. The highest BCUT2D eigenvalue weighted by molar-refractivity contribution is 5.73. The van der Waals surface area contributed by atoms with Crippen molar-refractivity contribution in [3.8, 4) is 5.75 Å². The predicted molar refractivity (Wildman–Crippen MR) is 95.0 cm³/mol. The lowest BCUT2D eigenvalue weighted by atomic mass is 9.86. The largest absolute Gasteiger partial charge is 0.491 e. The number of urea groups is 1. The van der Waals surface area contributed by atoms with Gasteiger partial charge in [-0.3, -0.25) is 0 Å². The van der Waals surface area contributed by atoms with Gasteiger partial charge in [0.1, 0.15) is 5.75 Å². The van der Waals surface area contributed by atoms with E-state index in [1.54, 1.807) is 11.9 Å². The van der Waals surface area contributed by atoms with Crippen LogP contribution in [0, 0.1) is 5.92 Å². The number of nitrogens with one attached hydrogen (secondary N) is 1. The summed E-state index contributed by atoms with van der Waals surface area (Å²) in [5.41, 5.74) is 0.964. The van der Waals surface area contributed by atoms with Gasteiger partial charge in [-0.05, 0) is 32.8 Å². The van der Waals surface area contributed by atoms with E-state index in [1.165, 1.54) is 0 Å². The summed E-state index contributed by atoms with van der Waals surface area (Å²) in [4.78, 5) is 14.0. The minimum absolute atomic E-state index is 0.0947. The van der Waals surface area contributed by atoms with Crippen LogP contribution in [0.4, 0.5) is 4.79 Å². The first-order valence-corrected chi connectivity index (χ1v) is 8.89. The van der Waals surface area contributed by atoms with Crippen LogP contribution in [0.1, 0.15) is 45.1 Å². The molecule has 0 saturated heterocycles. The number of rotatable bonds is 6. The molecule has 0 aromatic heterocycles. The van der Waals surface area contributed by atoms with Crippen molar-refractivity contribution >= 4 is 6.03 Å². The lowest BCUT2D eigenvalue weighted by Gasteiger charge is -2.31. The molecule has 2 atom stereocenters. The first-order chi connectivity index (χ1) is 11.5. The number of benzene rings is 1. The summed E-state index contributed by atoms with van der Waals surface area (Å²) in [5, 5.41) is 13.0. The molecule has 2 rings (SSSR count). The average Bonchev–Trinajstić information content (AvgIpc) is 2.55. The molecular weight excluding hydrogens is 304 g/mol. The van der Waals surface area contributed by atoms with Crippen LogP contribution in [0.3, 0.4) is 0 Å². The maximum Gasteiger partial charge on any atom is 0.317 e. The van der Waals surface area contributed by atoms with E-state index in [0.29, 0.717) is 13.1 Å². The molecule has 1 fully saturated rings. The molecule has 1 aliphatic carbocycles. The van der Waals surface area contributed by atoms with E-state index in [9.17, 15) is 9.90 Å². The molecule has 1 aromatic carbocycles. The second-order valence-corrected chi connectivity index (χ2v) is 6.93. The van der Waals surface area contributed by atoms with Gasteiger partial charge in [-0.1, -0.05) is 31.0 Å². The monoisotopic (exact) mass is 334 g/mol. The summed E-state index contributed by atoms with van der Waals surface area (Å²) in [6, 6.07) is 7.63. The van der Waals surface area contributed by atoms with Gasteiger partial charge in [0.15, 0.2) is 0 Å². The van der Waals surface area contributed by atoms with E-state index in [-0.39, 0.29) is 24.2 Å². The number of aliphatic hydroxyl groups excluding tert-OH is 1. The Labute approximate surface area is 145 Å². The lowest BCUT2D eigenvalue weighted by Crippen LogP contribution is -2.42. The van der Waals surface area contributed by atoms with Crippen LogP contribution in [0.5, 0.6) is 5.75 Å². The number of hydrogen-bond acceptors (Lipinski definition) is 3. The minimum Gasteiger partial charge on any atom is -0.491 e. The van der Waals surface area contributed by atoms with Gasteiger partial charge in [-0.2, -0.15) is 0 Å². The maximum absolute atomic E-state index is 12.3. The van der Waals surface area contributed by atoms with Crippen LogP contribution in [-0.4, -0.2) is 41.8 Å². The highest BCUT2D eigenvalue weighted by Crippen LogP contribution is 2.25. The second-order valence-electron chi connectivity index (χ2n) is 6.93. The van der Waals surface area contributed by atoms with Crippen molar-refractivity contribution in [3.05, 3.63) is 29.8 Å². The highest BCUT2D eigenvalue weighted by atomic mass is 16.5. The number of nitrogens with zero attached hydrogens (tertiary/aromatic N) is 1. The van der Waals surface area contributed by atoms with Crippen molar-refractivity contribution in [2.45, 2.75) is 58.3 Å². The first-order valence-electron chi connectivity index (χ1n) is 8.89. The normalized spacial score (nSPS) is 20.7. The van der Waals surface area contributed by atoms with Gasteiger partial charge in [0, 0.05) is 31.6 Å². The summed E-state index contributed by atoms with van der Waals surface area (Å²) in [5.74, 6) is 0.990. The molecule has 0 aliphatic heterocycles. The third-order valence-corrected chi connectivity index (χ3v) is 4.49. The molecule has 5 heteroatoms. The molecule has 0 radical (unpaired) electrons. The Morgan fingerprint density at radius 2 is 2.04 bits per heavy atom. The fourth-order valence-corrected chi connectivity index (χ4v) is 3.16. The topological polar surface area (TPSA) is 61.8 Å². The molecule has 134 valence electrons. The molecule has 1 aliphatic rings. The van der Waals surface area contributed by atoms with Gasteiger partial charge in [0.2, 0.25) is 0 Å². The third-order valence-electron chi connectivity index (χ3n) is 4.49. The van der Waals surface area contributed by atoms with Crippen molar-refractivity contribution in [1.29, 1.82) is 0 Å². The highest BCUT2D eigenvalue weighted by Gasteiger charge is 2.25. The number of para-hydroxylation sites is 1. The number of carbonyl (C=O) groups excluding carboxylic acids is 1.